The van der Waals surface area contributed by atoms with Gasteiger partial charge in [-0.3, -0.25) is 4.79 Å². The molecule has 1 atom stereocenters. The molecule has 1 unspecified atom stereocenters. The number of ether oxygens (including phenoxy) is 2. The number of carbonyl (C=O) groups excluding carboxylic acids is 1. The van der Waals surface area contributed by atoms with Crippen LogP contribution in [-0.2, 0) is 9.47 Å². The summed E-state index contributed by atoms with van der Waals surface area (Å²) in [6.07, 6.45) is 0.584. The Balaban J connectivity index is 2.28. The lowest BCUT2D eigenvalue weighted by molar-refractivity contribution is 0.0150. The maximum absolute atomic E-state index is 11.9. The molecule has 0 amide bonds. The lowest BCUT2D eigenvalue weighted by Crippen LogP contribution is -2.22. The molecule has 3 heteroatoms. The van der Waals surface area contributed by atoms with E-state index in [2.05, 4.69) is 6.92 Å². The number of carbonyl (C=O) groups is 1. The number of hydrogen-bond donors (Lipinski definition) is 0. The van der Waals surface area contributed by atoms with Crippen molar-refractivity contribution in [2.24, 2.45) is 0 Å². The van der Waals surface area contributed by atoms with E-state index in [0.29, 0.717) is 18.8 Å². The molecule has 0 bridgehead atoms. The van der Waals surface area contributed by atoms with Crippen molar-refractivity contribution in [3.63, 3.8) is 0 Å². The molecule has 0 saturated heterocycles. The third kappa shape index (κ3) is 5.11. The van der Waals surface area contributed by atoms with Crippen molar-refractivity contribution in [1.29, 1.82) is 0 Å². The normalized spacial score (nSPS) is 12.4. The highest BCUT2D eigenvalue weighted by Crippen LogP contribution is 2.05. The van der Waals surface area contributed by atoms with Gasteiger partial charge in [0.25, 0.3) is 0 Å². The van der Waals surface area contributed by atoms with Crippen LogP contribution >= 0.6 is 0 Å². The first kappa shape index (κ1) is 13.9. The summed E-state index contributed by atoms with van der Waals surface area (Å²) in [5, 5.41) is 0. The lowest BCUT2D eigenvalue weighted by atomic mass is 10.1. The van der Waals surface area contributed by atoms with Gasteiger partial charge in [0.15, 0.2) is 5.78 Å². The van der Waals surface area contributed by atoms with Gasteiger partial charge < -0.3 is 9.47 Å². The fraction of sp³-hybridized carbons (Fsp3) is 0.500. The molecule has 0 aliphatic rings. The van der Waals surface area contributed by atoms with Gasteiger partial charge in [0.1, 0.15) is 6.10 Å². The molecule has 17 heavy (non-hydrogen) atoms. The van der Waals surface area contributed by atoms with Gasteiger partial charge in [0.05, 0.1) is 13.2 Å². The Kier molecular flexibility index (Phi) is 6.51. The molecule has 1 rings (SSSR count). The third-order valence-electron chi connectivity index (χ3n) is 2.37. The minimum absolute atomic E-state index is 0.0149. The van der Waals surface area contributed by atoms with Crippen LogP contribution in [0.1, 0.15) is 30.6 Å². The zero-order valence-corrected chi connectivity index (χ0v) is 10.5. The molecule has 0 N–H and O–H groups in total. The topological polar surface area (TPSA) is 35.5 Å². The maximum atomic E-state index is 11.9. The zero-order valence-electron chi connectivity index (χ0n) is 10.5. The largest absolute Gasteiger partial charge is 0.379 e. The van der Waals surface area contributed by atoms with Gasteiger partial charge in [-0.1, -0.05) is 37.3 Å². The average molecular weight is 236 g/mol. The van der Waals surface area contributed by atoms with E-state index in [1.54, 1.807) is 19.1 Å². The third-order valence-corrected chi connectivity index (χ3v) is 2.37. The van der Waals surface area contributed by atoms with E-state index < -0.39 is 6.10 Å². The van der Waals surface area contributed by atoms with E-state index >= 15 is 0 Å². The van der Waals surface area contributed by atoms with Crippen LogP contribution in [0.3, 0.4) is 0 Å². The van der Waals surface area contributed by atoms with Crippen LogP contribution in [0.15, 0.2) is 30.3 Å². The second-order valence-electron chi connectivity index (χ2n) is 3.86. The van der Waals surface area contributed by atoms with Crippen LogP contribution in [0, 0.1) is 0 Å². The number of Topliss-reactive ketones (excluding diaryl/α,β-unsaturated/α-hetero) is 1. The molecule has 0 aromatic heterocycles. The minimum atomic E-state index is -0.414. The molecule has 0 spiro atoms. The summed E-state index contributed by atoms with van der Waals surface area (Å²) in [6.45, 7) is 5.57. The van der Waals surface area contributed by atoms with Crippen molar-refractivity contribution in [1.82, 2.24) is 0 Å². The lowest BCUT2D eigenvalue weighted by Gasteiger charge is -2.12. The predicted molar refractivity (Wildman–Crippen MR) is 67.3 cm³/mol. The van der Waals surface area contributed by atoms with Crippen LogP contribution in [-0.4, -0.2) is 31.7 Å². The first-order chi connectivity index (χ1) is 8.25. The Bertz CT molecular complexity index is 321. The van der Waals surface area contributed by atoms with Crippen LogP contribution in [0.4, 0.5) is 0 Å². The molecule has 3 nitrogen and oxygen atoms in total. The summed E-state index contributed by atoms with van der Waals surface area (Å²) in [4.78, 5) is 11.9. The minimum Gasteiger partial charge on any atom is -0.379 e. The summed E-state index contributed by atoms with van der Waals surface area (Å²) in [6, 6.07) is 9.20. The van der Waals surface area contributed by atoms with E-state index in [1.165, 1.54) is 0 Å². The molecule has 0 fully saturated rings. The Labute approximate surface area is 103 Å². The number of rotatable bonds is 8. The van der Waals surface area contributed by atoms with E-state index in [9.17, 15) is 4.79 Å². The van der Waals surface area contributed by atoms with Crippen molar-refractivity contribution < 1.29 is 14.3 Å². The molecule has 1 aromatic carbocycles. The van der Waals surface area contributed by atoms with Crippen LogP contribution in [0.25, 0.3) is 0 Å². The Hall–Kier alpha value is -1.19. The number of hydrogen-bond acceptors (Lipinski definition) is 3. The van der Waals surface area contributed by atoms with Crippen LogP contribution in [0.2, 0.25) is 0 Å². The van der Waals surface area contributed by atoms with Crippen molar-refractivity contribution >= 4 is 5.78 Å². The highest BCUT2D eigenvalue weighted by Gasteiger charge is 2.14. The molecule has 0 heterocycles. The first-order valence-corrected chi connectivity index (χ1v) is 6.04. The van der Waals surface area contributed by atoms with Gasteiger partial charge in [-0.05, 0) is 13.3 Å². The van der Waals surface area contributed by atoms with Crippen LogP contribution in [0.5, 0.6) is 0 Å². The van der Waals surface area contributed by atoms with Gasteiger partial charge >= 0.3 is 0 Å². The van der Waals surface area contributed by atoms with E-state index in [1.807, 2.05) is 18.2 Å². The monoisotopic (exact) mass is 236 g/mol. The summed E-state index contributed by atoms with van der Waals surface area (Å²) >= 11 is 0. The smallest absolute Gasteiger partial charge is 0.191 e. The first-order valence-electron chi connectivity index (χ1n) is 6.04. The highest BCUT2D eigenvalue weighted by molar-refractivity contribution is 5.99. The summed E-state index contributed by atoms with van der Waals surface area (Å²) in [7, 11) is 0. The highest BCUT2D eigenvalue weighted by atomic mass is 16.5. The number of benzene rings is 1. The second kappa shape index (κ2) is 7.98. The van der Waals surface area contributed by atoms with Gasteiger partial charge in [0, 0.05) is 12.2 Å². The van der Waals surface area contributed by atoms with Gasteiger partial charge in [-0.2, -0.15) is 0 Å². The fourth-order valence-electron chi connectivity index (χ4n) is 1.44. The average Bonchev–Trinajstić information content (AvgIpc) is 2.38. The Morgan fingerprint density at radius 2 is 1.88 bits per heavy atom. The molecule has 0 aliphatic heterocycles. The summed E-state index contributed by atoms with van der Waals surface area (Å²) < 4.78 is 10.7. The van der Waals surface area contributed by atoms with Crippen molar-refractivity contribution in [3.05, 3.63) is 35.9 Å². The maximum Gasteiger partial charge on any atom is 0.191 e. The zero-order chi connectivity index (χ0) is 12.5. The molecule has 94 valence electrons. The van der Waals surface area contributed by atoms with E-state index in [0.717, 1.165) is 13.0 Å². The fourth-order valence-corrected chi connectivity index (χ4v) is 1.44. The molecule has 0 saturated carbocycles. The van der Waals surface area contributed by atoms with Crippen LogP contribution < -0.4 is 0 Å². The molecular formula is C14H20O3. The van der Waals surface area contributed by atoms with E-state index in [4.69, 9.17) is 9.47 Å². The van der Waals surface area contributed by atoms with Crippen molar-refractivity contribution in [3.8, 4) is 0 Å². The molecular weight excluding hydrogens is 216 g/mol. The Morgan fingerprint density at radius 1 is 1.18 bits per heavy atom. The van der Waals surface area contributed by atoms with Crippen molar-refractivity contribution in [2.45, 2.75) is 26.4 Å². The Morgan fingerprint density at radius 3 is 2.53 bits per heavy atom. The predicted octanol–water partition coefficient (Wildman–Crippen LogP) is 2.70. The summed E-state index contributed by atoms with van der Waals surface area (Å²) in [5.41, 5.74) is 0.689. The molecule has 0 radical (unpaired) electrons. The second-order valence-corrected chi connectivity index (χ2v) is 3.86. The van der Waals surface area contributed by atoms with Gasteiger partial charge in [0.2, 0.25) is 0 Å². The molecule has 0 aliphatic carbocycles. The van der Waals surface area contributed by atoms with Gasteiger partial charge in [-0.25, -0.2) is 0 Å². The van der Waals surface area contributed by atoms with Gasteiger partial charge in [-0.15, -0.1) is 0 Å². The summed E-state index contributed by atoms with van der Waals surface area (Å²) in [5.74, 6) is 0.0149. The standard InChI is InChI=1S/C14H20O3/c1-3-9-16-10-11-17-12(2)14(15)13-7-5-4-6-8-13/h4-8,12H,3,9-11H2,1-2H3. The SMILES string of the molecule is CCCOCCOC(C)C(=O)c1ccccc1. The van der Waals surface area contributed by atoms with E-state index in [-0.39, 0.29) is 5.78 Å². The quantitative estimate of drug-likeness (QED) is 0.514. The molecule has 1 aromatic rings. The van der Waals surface area contributed by atoms with Crippen molar-refractivity contribution in [2.75, 3.05) is 19.8 Å². The number of ketones is 1.